The highest BCUT2D eigenvalue weighted by molar-refractivity contribution is 5.95. The predicted molar refractivity (Wildman–Crippen MR) is 82.1 cm³/mol. The third kappa shape index (κ3) is 3.47. The molecule has 1 unspecified atom stereocenters. The van der Waals surface area contributed by atoms with E-state index in [1.165, 1.54) is 6.42 Å². The Morgan fingerprint density at radius 1 is 1.29 bits per heavy atom. The maximum absolute atomic E-state index is 12.8. The van der Waals surface area contributed by atoms with Crippen LogP contribution in [0.3, 0.4) is 0 Å². The Balaban J connectivity index is 2.21. The van der Waals surface area contributed by atoms with Gasteiger partial charge in [-0.05, 0) is 44.5 Å². The van der Waals surface area contributed by atoms with Gasteiger partial charge < -0.3 is 19.7 Å². The molecule has 0 aliphatic carbocycles. The summed E-state index contributed by atoms with van der Waals surface area (Å²) in [6.45, 7) is 1.65. The Hall–Kier alpha value is -1.75. The first-order chi connectivity index (χ1) is 10.2. The van der Waals surface area contributed by atoms with E-state index in [1.807, 2.05) is 11.9 Å². The number of piperidine rings is 1. The number of likely N-dealkylation sites (tertiary alicyclic amines) is 1. The molecule has 1 heterocycles. The quantitative estimate of drug-likeness (QED) is 0.901. The lowest BCUT2D eigenvalue weighted by atomic mass is 10.0. The monoisotopic (exact) mass is 292 g/mol. The van der Waals surface area contributed by atoms with Crippen LogP contribution in [0.1, 0.15) is 29.6 Å². The molecule has 1 saturated heterocycles. The fraction of sp³-hybridized carbons (Fsp3) is 0.562. The number of carbonyl (C=O) groups excluding carboxylic acids is 1. The van der Waals surface area contributed by atoms with E-state index in [-0.39, 0.29) is 11.9 Å². The molecular formula is C16H24N2O3. The molecule has 1 N–H and O–H groups in total. The summed E-state index contributed by atoms with van der Waals surface area (Å²) in [6, 6.07) is 5.61. The Bertz CT molecular complexity index is 488. The van der Waals surface area contributed by atoms with Crippen molar-refractivity contribution < 1.29 is 14.3 Å². The molecule has 5 nitrogen and oxygen atoms in total. The Morgan fingerprint density at radius 2 is 2.05 bits per heavy atom. The summed E-state index contributed by atoms with van der Waals surface area (Å²) >= 11 is 0. The number of hydrogen-bond donors (Lipinski definition) is 1. The van der Waals surface area contributed by atoms with Crippen LogP contribution in [0.5, 0.6) is 11.5 Å². The van der Waals surface area contributed by atoms with E-state index in [1.54, 1.807) is 32.4 Å². The number of likely N-dealkylation sites (N-methyl/N-ethyl adjacent to an activating group) is 1. The maximum atomic E-state index is 12.8. The predicted octanol–water partition coefficient (Wildman–Crippen LogP) is 1.92. The lowest BCUT2D eigenvalue weighted by Gasteiger charge is -2.36. The molecule has 1 atom stereocenters. The minimum absolute atomic E-state index is 0.0657. The number of nitrogens with one attached hydrogen (secondary N) is 1. The van der Waals surface area contributed by atoms with Gasteiger partial charge in [-0.3, -0.25) is 4.79 Å². The third-order valence-electron chi connectivity index (χ3n) is 3.96. The van der Waals surface area contributed by atoms with E-state index < -0.39 is 0 Å². The topological polar surface area (TPSA) is 50.8 Å². The van der Waals surface area contributed by atoms with Crippen molar-refractivity contribution in [2.75, 3.05) is 34.4 Å². The van der Waals surface area contributed by atoms with Crippen LogP contribution in [-0.4, -0.2) is 51.2 Å². The van der Waals surface area contributed by atoms with Gasteiger partial charge in [0.2, 0.25) is 0 Å². The molecule has 0 bridgehead atoms. The first kappa shape index (κ1) is 15.6. The molecule has 21 heavy (non-hydrogen) atoms. The summed E-state index contributed by atoms with van der Waals surface area (Å²) in [7, 11) is 5.09. The van der Waals surface area contributed by atoms with Gasteiger partial charge in [-0.1, -0.05) is 0 Å². The van der Waals surface area contributed by atoms with E-state index in [4.69, 9.17) is 9.47 Å². The van der Waals surface area contributed by atoms with Crippen molar-refractivity contribution in [3.05, 3.63) is 23.8 Å². The molecule has 1 aliphatic heterocycles. The lowest BCUT2D eigenvalue weighted by Crippen LogP contribution is -2.48. The molecule has 5 heteroatoms. The number of rotatable bonds is 5. The molecule has 1 aliphatic rings. The van der Waals surface area contributed by atoms with Crippen molar-refractivity contribution in [2.45, 2.75) is 25.3 Å². The Labute approximate surface area is 126 Å². The average molecular weight is 292 g/mol. The number of methoxy groups -OCH3 is 2. The first-order valence-corrected chi connectivity index (χ1v) is 7.38. The Kier molecular flexibility index (Phi) is 5.44. The van der Waals surface area contributed by atoms with Gasteiger partial charge in [-0.2, -0.15) is 0 Å². The minimum atomic E-state index is 0.0657. The second kappa shape index (κ2) is 7.31. The zero-order valence-electron chi connectivity index (χ0n) is 13.0. The smallest absolute Gasteiger partial charge is 0.254 e. The summed E-state index contributed by atoms with van der Waals surface area (Å²) in [5.74, 6) is 1.29. The maximum Gasteiger partial charge on any atom is 0.254 e. The van der Waals surface area contributed by atoms with E-state index in [0.717, 1.165) is 25.9 Å². The highest BCUT2D eigenvalue weighted by Gasteiger charge is 2.27. The van der Waals surface area contributed by atoms with Crippen molar-refractivity contribution in [1.82, 2.24) is 10.2 Å². The second-order valence-corrected chi connectivity index (χ2v) is 5.28. The average Bonchev–Trinajstić information content (AvgIpc) is 2.54. The van der Waals surface area contributed by atoms with Crippen molar-refractivity contribution in [1.29, 1.82) is 0 Å². The molecule has 116 valence electrons. The van der Waals surface area contributed by atoms with Gasteiger partial charge in [-0.15, -0.1) is 0 Å². The van der Waals surface area contributed by atoms with Gasteiger partial charge in [-0.25, -0.2) is 0 Å². The van der Waals surface area contributed by atoms with Gasteiger partial charge in [0.1, 0.15) is 0 Å². The first-order valence-electron chi connectivity index (χ1n) is 7.38. The number of ether oxygens (including phenoxy) is 2. The van der Waals surface area contributed by atoms with Crippen LogP contribution in [0, 0.1) is 0 Å². The molecular weight excluding hydrogens is 268 g/mol. The number of hydrogen-bond acceptors (Lipinski definition) is 4. The van der Waals surface area contributed by atoms with Crippen LogP contribution in [0.15, 0.2) is 18.2 Å². The lowest BCUT2D eigenvalue weighted by molar-refractivity contribution is 0.0614. The normalized spacial score (nSPS) is 18.4. The van der Waals surface area contributed by atoms with E-state index in [9.17, 15) is 4.79 Å². The molecule has 1 aromatic rings. The fourth-order valence-corrected chi connectivity index (χ4v) is 2.85. The minimum Gasteiger partial charge on any atom is -0.493 e. The van der Waals surface area contributed by atoms with Crippen LogP contribution in [-0.2, 0) is 0 Å². The van der Waals surface area contributed by atoms with Crippen molar-refractivity contribution in [3.63, 3.8) is 0 Å². The van der Waals surface area contributed by atoms with Gasteiger partial charge in [0.15, 0.2) is 11.5 Å². The fourth-order valence-electron chi connectivity index (χ4n) is 2.85. The van der Waals surface area contributed by atoms with Crippen molar-refractivity contribution in [2.24, 2.45) is 0 Å². The zero-order valence-corrected chi connectivity index (χ0v) is 13.0. The second-order valence-electron chi connectivity index (χ2n) is 5.28. The molecule has 1 fully saturated rings. The van der Waals surface area contributed by atoms with E-state index in [2.05, 4.69) is 5.32 Å². The summed E-state index contributed by atoms with van der Waals surface area (Å²) in [4.78, 5) is 14.7. The van der Waals surface area contributed by atoms with Crippen LogP contribution in [0.2, 0.25) is 0 Å². The van der Waals surface area contributed by atoms with Gasteiger partial charge in [0.25, 0.3) is 5.91 Å². The van der Waals surface area contributed by atoms with Crippen molar-refractivity contribution in [3.8, 4) is 11.5 Å². The highest BCUT2D eigenvalue weighted by atomic mass is 16.5. The van der Waals surface area contributed by atoms with Crippen LogP contribution < -0.4 is 14.8 Å². The number of nitrogens with zero attached hydrogens (tertiary/aromatic N) is 1. The van der Waals surface area contributed by atoms with Gasteiger partial charge in [0.05, 0.1) is 14.2 Å². The number of amides is 1. The molecule has 0 aromatic heterocycles. The highest BCUT2D eigenvalue weighted by Crippen LogP contribution is 2.29. The molecule has 0 radical (unpaired) electrons. The zero-order chi connectivity index (χ0) is 15.2. The molecule has 2 rings (SSSR count). The number of benzene rings is 1. The molecule has 1 amide bonds. The molecule has 0 saturated carbocycles. The summed E-state index contributed by atoms with van der Waals surface area (Å²) in [5, 5.41) is 3.18. The van der Waals surface area contributed by atoms with Gasteiger partial charge in [0, 0.05) is 24.7 Å². The number of carbonyl (C=O) groups is 1. The largest absolute Gasteiger partial charge is 0.493 e. The molecule has 0 spiro atoms. The van der Waals surface area contributed by atoms with Crippen molar-refractivity contribution >= 4 is 5.91 Å². The van der Waals surface area contributed by atoms with E-state index >= 15 is 0 Å². The van der Waals surface area contributed by atoms with Gasteiger partial charge >= 0.3 is 0 Å². The van der Waals surface area contributed by atoms with E-state index in [0.29, 0.717) is 17.1 Å². The summed E-state index contributed by atoms with van der Waals surface area (Å²) in [5.41, 5.74) is 0.649. The summed E-state index contributed by atoms with van der Waals surface area (Å²) < 4.78 is 10.5. The van der Waals surface area contributed by atoms with Crippen LogP contribution in [0.25, 0.3) is 0 Å². The standard InChI is InChI=1S/C16H24N2O3/c1-17-11-13-6-4-5-9-18(13)16(19)12-7-8-14(20-2)15(10-12)21-3/h7-8,10,13,17H,4-6,9,11H2,1-3H3. The van der Waals surface area contributed by atoms with Crippen LogP contribution in [0.4, 0.5) is 0 Å². The Morgan fingerprint density at radius 3 is 2.71 bits per heavy atom. The summed E-state index contributed by atoms with van der Waals surface area (Å²) in [6.07, 6.45) is 3.31. The SMILES string of the molecule is CNCC1CCCCN1C(=O)c1ccc(OC)c(OC)c1. The van der Waals surface area contributed by atoms with Crippen LogP contribution >= 0.6 is 0 Å². The molecule has 1 aromatic carbocycles. The third-order valence-corrected chi connectivity index (χ3v) is 3.96.